The van der Waals surface area contributed by atoms with Gasteiger partial charge in [-0.1, -0.05) is 43.7 Å². The number of benzene rings is 2. The first kappa shape index (κ1) is 23.1. The number of aliphatic carboxylic acids is 1. The van der Waals surface area contributed by atoms with Crippen LogP contribution in [0, 0.1) is 11.6 Å². The van der Waals surface area contributed by atoms with Crippen LogP contribution in [0.3, 0.4) is 0 Å². The lowest BCUT2D eigenvalue weighted by molar-refractivity contribution is -0.145. The Morgan fingerprint density at radius 1 is 1.06 bits per heavy atom. The van der Waals surface area contributed by atoms with Crippen LogP contribution in [0.25, 0.3) is 11.1 Å². The minimum absolute atomic E-state index is 0.171. The average molecular weight is 442 g/mol. The first-order valence-electron chi connectivity index (χ1n) is 10.2. The molecule has 2 aromatic carbocycles. The normalized spacial score (nSPS) is 11.8. The van der Waals surface area contributed by atoms with Crippen molar-refractivity contribution in [1.82, 2.24) is 4.98 Å². The van der Waals surface area contributed by atoms with Crippen LogP contribution in [0.4, 0.5) is 8.78 Å². The Kier molecular flexibility index (Phi) is 7.72. The molecule has 6 nitrogen and oxygen atoms in total. The first-order chi connectivity index (χ1) is 15.4. The van der Waals surface area contributed by atoms with Crippen LogP contribution in [-0.4, -0.2) is 22.2 Å². The van der Waals surface area contributed by atoms with E-state index in [-0.39, 0.29) is 12.2 Å². The van der Waals surface area contributed by atoms with E-state index >= 15 is 0 Å². The minimum Gasteiger partial charge on any atom is -0.479 e. The Morgan fingerprint density at radius 3 is 2.44 bits per heavy atom. The third-order valence-corrected chi connectivity index (χ3v) is 4.76. The lowest BCUT2D eigenvalue weighted by atomic mass is 10.0. The predicted octanol–water partition coefficient (Wildman–Crippen LogP) is 5.30. The van der Waals surface area contributed by atoms with E-state index < -0.39 is 35.5 Å². The maximum absolute atomic E-state index is 14.3. The number of carboxylic acids is 1. The highest BCUT2D eigenvalue weighted by molar-refractivity contribution is 5.72. The summed E-state index contributed by atoms with van der Waals surface area (Å²) in [5.41, 5.74) is 8.36. The highest BCUT2D eigenvalue weighted by Gasteiger charge is 2.23. The molecule has 0 saturated carbocycles. The van der Waals surface area contributed by atoms with Crippen molar-refractivity contribution in [3.63, 3.8) is 0 Å². The second-order valence-corrected chi connectivity index (χ2v) is 7.18. The third-order valence-electron chi connectivity index (χ3n) is 4.76. The fraction of sp³-hybridized carbons (Fsp3) is 0.250. The topological polar surface area (TPSA) is 94.7 Å². The minimum atomic E-state index is -1.30. The van der Waals surface area contributed by atoms with Crippen molar-refractivity contribution in [2.24, 2.45) is 5.73 Å². The number of rotatable bonds is 10. The monoisotopic (exact) mass is 442 g/mol. The zero-order valence-corrected chi connectivity index (χ0v) is 17.6. The second-order valence-electron chi connectivity index (χ2n) is 7.18. The molecule has 8 heteroatoms. The van der Waals surface area contributed by atoms with Crippen LogP contribution in [-0.2, 0) is 11.3 Å². The molecule has 0 aliphatic rings. The van der Waals surface area contributed by atoms with E-state index in [0.29, 0.717) is 19.0 Å². The zero-order chi connectivity index (χ0) is 23.1. The molecule has 0 amide bonds. The number of carbonyl (C=O) groups is 1. The van der Waals surface area contributed by atoms with Gasteiger partial charge in [0.25, 0.3) is 11.8 Å². The lowest BCUT2D eigenvalue weighted by Gasteiger charge is -2.15. The maximum atomic E-state index is 14.3. The van der Waals surface area contributed by atoms with Crippen molar-refractivity contribution >= 4 is 5.97 Å². The van der Waals surface area contributed by atoms with Gasteiger partial charge in [-0.05, 0) is 47.7 Å². The van der Waals surface area contributed by atoms with Crippen LogP contribution in [0.15, 0.2) is 54.6 Å². The standard InChI is InChI=1S/C24H24F2N2O4/c1-2-3-10-21(24(29)30)32-23-20(26)13-19(25)22(28-23)31-18-9-5-8-17(12-18)16-7-4-6-15(11-16)14-27/h4-9,11-13,21H,2-3,10,14,27H2,1H3,(H,29,30). The van der Waals surface area contributed by atoms with Crippen LogP contribution in [0.1, 0.15) is 31.7 Å². The molecule has 0 saturated heterocycles. The van der Waals surface area contributed by atoms with Crippen LogP contribution < -0.4 is 15.2 Å². The van der Waals surface area contributed by atoms with Gasteiger partial charge >= 0.3 is 5.97 Å². The predicted molar refractivity (Wildman–Crippen MR) is 116 cm³/mol. The number of nitrogens with two attached hydrogens (primary N) is 1. The van der Waals surface area contributed by atoms with Crippen molar-refractivity contribution in [2.45, 2.75) is 38.8 Å². The van der Waals surface area contributed by atoms with Crippen LogP contribution in [0.2, 0.25) is 0 Å². The fourth-order valence-corrected chi connectivity index (χ4v) is 3.07. The van der Waals surface area contributed by atoms with E-state index in [0.717, 1.165) is 23.1 Å². The summed E-state index contributed by atoms with van der Waals surface area (Å²) in [6.07, 6.45) is 0.185. The van der Waals surface area contributed by atoms with Gasteiger partial charge in [0.1, 0.15) is 5.75 Å². The van der Waals surface area contributed by atoms with E-state index in [1.807, 2.05) is 37.3 Å². The van der Waals surface area contributed by atoms with E-state index in [1.54, 1.807) is 18.2 Å². The Bertz CT molecular complexity index is 1090. The molecule has 0 aliphatic carbocycles. The molecule has 0 aliphatic heterocycles. The van der Waals surface area contributed by atoms with Gasteiger partial charge in [-0.3, -0.25) is 0 Å². The summed E-state index contributed by atoms with van der Waals surface area (Å²) < 4.78 is 39.3. The SMILES string of the molecule is CCCCC(Oc1nc(Oc2cccc(-c3cccc(CN)c3)c2)c(F)cc1F)C(=O)O. The van der Waals surface area contributed by atoms with E-state index in [2.05, 4.69) is 4.98 Å². The molecule has 3 aromatic rings. The van der Waals surface area contributed by atoms with Gasteiger partial charge in [-0.15, -0.1) is 0 Å². The number of pyridine rings is 1. The van der Waals surface area contributed by atoms with E-state index in [9.17, 15) is 18.7 Å². The number of hydrogen-bond donors (Lipinski definition) is 2. The van der Waals surface area contributed by atoms with Gasteiger partial charge in [0, 0.05) is 12.6 Å². The summed E-state index contributed by atoms with van der Waals surface area (Å²) in [4.78, 5) is 15.1. The Hall–Kier alpha value is -3.52. The van der Waals surface area contributed by atoms with Gasteiger partial charge in [-0.25, -0.2) is 13.6 Å². The summed E-state index contributed by atoms with van der Waals surface area (Å²) in [5.74, 6) is -4.27. The van der Waals surface area contributed by atoms with Crippen molar-refractivity contribution in [2.75, 3.05) is 0 Å². The Morgan fingerprint density at radius 2 is 1.75 bits per heavy atom. The van der Waals surface area contributed by atoms with Gasteiger partial charge in [0.2, 0.25) is 0 Å². The molecule has 32 heavy (non-hydrogen) atoms. The first-order valence-corrected chi connectivity index (χ1v) is 10.2. The zero-order valence-electron chi connectivity index (χ0n) is 17.6. The molecule has 168 valence electrons. The summed E-state index contributed by atoms with van der Waals surface area (Å²) in [7, 11) is 0. The van der Waals surface area contributed by atoms with Crippen LogP contribution in [0.5, 0.6) is 17.5 Å². The number of unbranched alkanes of at least 4 members (excludes halogenated alkanes) is 1. The molecular formula is C24H24F2N2O4. The molecule has 1 aromatic heterocycles. The Labute approximate surface area is 184 Å². The molecule has 0 fully saturated rings. The lowest BCUT2D eigenvalue weighted by Crippen LogP contribution is -2.27. The van der Waals surface area contributed by atoms with E-state index in [1.165, 1.54) is 0 Å². The molecule has 0 spiro atoms. The number of nitrogens with zero attached hydrogens (tertiary/aromatic N) is 1. The molecule has 0 bridgehead atoms. The quantitative estimate of drug-likeness (QED) is 0.442. The number of halogens is 2. The summed E-state index contributed by atoms with van der Waals surface area (Å²) in [5, 5.41) is 9.30. The van der Waals surface area contributed by atoms with Gasteiger partial charge < -0.3 is 20.3 Å². The average Bonchev–Trinajstić information content (AvgIpc) is 2.79. The fourth-order valence-electron chi connectivity index (χ4n) is 3.07. The molecule has 1 heterocycles. The second kappa shape index (κ2) is 10.7. The number of carboxylic acid groups (broad SMARTS) is 1. The highest BCUT2D eigenvalue weighted by Crippen LogP contribution is 2.31. The molecule has 3 N–H and O–H groups in total. The Balaban J connectivity index is 1.86. The maximum Gasteiger partial charge on any atom is 0.344 e. The van der Waals surface area contributed by atoms with E-state index in [4.69, 9.17) is 15.2 Å². The molecule has 1 unspecified atom stereocenters. The number of aromatic nitrogens is 1. The van der Waals surface area contributed by atoms with Gasteiger partial charge in [-0.2, -0.15) is 4.98 Å². The third kappa shape index (κ3) is 5.79. The molecule has 0 radical (unpaired) electrons. The summed E-state index contributed by atoms with van der Waals surface area (Å²) in [6, 6.07) is 15.1. The van der Waals surface area contributed by atoms with Crippen molar-refractivity contribution in [3.8, 4) is 28.6 Å². The smallest absolute Gasteiger partial charge is 0.344 e. The largest absolute Gasteiger partial charge is 0.479 e. The van der Waals surface area contributed by atoms with Gasteiger partial charge in [0.15, 0.2) is 17.7 Å². The summed E-state index contributed by atoms with van der Waals surface area (Å²) in [6.45, 7) is 2.29. The molecule has 1 atom stereocenters. The van der Waals surface area contributed by atoms with Crippen molar-refractivity contribution < 1.29 is 28.2 Å². The molecule has 3 rings (SSSR count). The molecular weight excluding hydrogens is 418 g/mol. The van der Waals surface area contributed by atoms with Crippen LogP contribution >= 0.6 is 0 Å². The number of hydrogen-bond acceptors (Lipinski definition) is 5. The van der Waals surface area contributed by atoms with Crippen molar-refractivity contribution in [1.29, 1.82) is 0 Å². The van der Waals surface area contributed by atoms with Gasteiger partial charge in [0.05, 0.1) is 0 Å². The highest BCUT2D eigenvalue weighted by atomic mass is 19.1. The van der Waals surface area contributed by atoms with Crippen molar-refractivity contribution in [3.05, 3.63) is 71.8 Å². The number of ether oxygens (including phenoxy) is 2. The summed E-state index contributed by atoms with van der Waals surface area (Å²) >= 11 is 0.